The van der Waals surface area contributed by atoms with Gasteiger partial charge in [-0.3, -0.25) is 0 Å². The second kappa shape index (κ2) is 10.1. The van der Waals surface area contributed by atoms with Gasteiger partial charge in [-0.2, -0.15) is 4.98 Å². The Morgan fingerprint density at radius 1 is 1.11 bits per heavy atom. The Labute approximate surface area is 225 Å². The van der Waals surface area contributed by atoms with Crippen LogP contribution in [0.3, 0.4) is 0 Å². The summed E-state index contributed by atoms with van der Waals surface area (Å²) in [5, 5.41) is 6.87. The Hall–Kier alpha value is -3.24. The molecule has 0 radical (unpaired) electrons. The van der Waals surface area contributed by atoms with Crippen molar-refractivity contribution in [3.63, 3.8) is 0 Å². The molecule has 38 heavy (non-hydrogen) atoms. The summed E-state index contributed by atoms with van der Waals surface area (Å²) >= 11 is 6.41. The zero-order valence-corrected chi connectivity index (χ0v) is 22.6. The van der Waals surface area contributed by atoms with E-state index in [-0.39, 0.29) is 23.9 Å². The summed E-state index contributed by atoms with van der Waals surface area (Å²) in [4.78, 5) is 28.7. The molecule has 10 nitrogen and oxygen atoms in total. The van der Waals surface area contributed by atoms with Crippen molar-refractivity contribution in [3.8, 4) is 23.0 Å². The lowest BCUT2D eigenvalue weighted by atomic mass is 9.83. The van der Waals surface area contributed by atoms with E-state index in [0.717, 1.165) is 36.0 Å². The van der Waals surface area contributed by atoms with Crippen molar-refractivity contribution in [1.29, 1.82) is 0 Å². The van der Waals surface area contributed by atoms with Gasteiger partial charge >= 0.3 is 5.76 Å². The molecular weight excluding hydrogens is 506 g/mol. The minimum absolute atomic E-state index is 0.0194. The van der Waals surface area contributed by atoms with Crippen LogP contribution >= 0.6 is 11.6 Å². The van der Waals surface area contributed by atoms with Crippen LogP contribution in [0.25, 0.3) is 34.1 Å². The molecule has 4 heterocycles. The second-order valence-electron chi connectivity index (χ2n) is 10.7. The Kier molecular flexibility index (Phi) is 6.69. The summed E-state index contributed by atoms with van der Waals surface area (Å²) < 4.78 is 13.4. The maximum absolute atomic E-state index is 11.7. The van der Waals surface area contributed by atoms with E-state index in [1.54, 1.807) is 0 Å². The number of anilines is 1. The number of aromatic nitrogens is 6. The first-order valence-electron chi connectivity index (χ1n) is 13.4. The number of nitrogens with one attached hydrogen (secondary N) is 1. The average molecular weight is 538 g/mol. The van der Waals surface area contributed by atoms with Crippen LogP contribution in [0.1, 0.15) is 46.5 Å². The van der Waals surface area contributed by atoms with E-state index in [1.807, 2.05) is 24.3 Å². The highest BCUT2D eigenvalue weighted by Crippen LogP contribution is 2.37. The predicted octanol–water partition coefficient (Wildman–Crippen LogP) is 4.93. The number of rotatable bonds is 5. The first-order chi connectivity index (χ1) is 18.4. The van der Waals surface area contributed by atoms with Gasteiger partial charge in [0.25, 0.3) is 5.89 Å². The van der Waals surface area contributed by atoms with Crippen molar-refractivity contribution in [2.45, 2.75) is 65.1 Å². The fourth-order valence-corrected chi connectivity index (χ4v) is 5.85. The van der Waals surface area contributed by atoms with Crippen LogP contribution in [0.15, 0.2) is 33.5 Å². The number of benzene rings is 1. The number of morpholine rings is 1. The van der Waals surface area contributed by atoms with Crippen molar-refractivity contribution < 1.29 is 9.15 Å². The molecule has 1 N–H and O–H groups in total. The van der Waals surface area contributed by atoms with E-state index in [2.05, 4.69) is 40.4 Å². The number of ether oxygens (including phenoxy) is 1. The fraction of sp³-hybridized carbons (Fsp3) is 0.519. The lowest BCUT2D eigenvalue weighted by Gasteiger charge is -2.39. The molecule has 2 atom stereocenters. The second-order valence-corrected chi connectivity index (χ2v) is 11.1. The molecule has 2 aliphatic rings. The number of hydrogen-bond acceptors (Lipinski definition) is 8. The van der Waals surface area contributed by atoms with Crippen LogP contribution in [-0.4, -0.2) is 55.0 Å². The first-order valence-corrected chi connectivity index (χ1v) is 13.7. The van der Waals surface area contributed by atoms with Crippen LogP contribution in [-0.2, 0) is 11.3 Å². The maximum Gasteiger partial charge on any atom is 0.434 e. The molecule has 11 heteroatoms. The lowest BCUT2D eigenvalue weighted by Crippen LogP contribution is -2.49. The molecule has 1 aromatic carbocycles. The van der Waals surface area contributed by atoms with E-state index in [1.165, 1.54) is 25.7 Å². The SMILES string of the molecule is CC1CCC(Cn2c(N3CCO[C@@H](C)[C@@H]3C)nc3nc(-c4n[nH]c(=O)o4)nc(-c4cccc(Cl)c4)c32)CC1. The van der Waals surface area contributed by atoms with Crippen molar-refractivity contribution >= 4 is 28.7 Å². The monoisotopic (exact) mass is 537 g/mol. The Morgan fingerprint density at radius 3 is 2.66 bits per heavy atom. The minimum Gasteiger partial charge on any atom is -0.384 e. The van der Waals surface area contributed by atoms with Crippen molar-refractivity contribution in [1.82, 2.24) is 29.7 Å². The smallest absolute Gasteiger partial charge is 0.384 e. The van der Waals surface area contributed by atoms with E-state index in [9.17, 15) is 4.79 Å². The molecule has 2 fully saturated rings. The molecule has 0 amide bonds. The molecule has 3 aromatic heterocycles. The summed E-state index contributed by atoms with van der Waals surface area (Å²) in [5.41, 5.74) is 2.88. The summed E-state index contributed by atoms with van der Waals surface area (Å²) in [5.74, 6) is 1.71. The fourth-order valence-electron chi connectivity index (χ4n) is 5.66. The third-order valence-electron chi connectivity index (χ3n) is 8.03. The zero-order chi connectivity index (χ0) is 26.4. The van der Waals surface area contributed by atoms with Crippen LogP contribution in [0.4, 0.5) is 5.95 Å². The number of nitrogens with zero attached hydrogens (tertiary/aromatic N) is 6. The third-order valence-corrected chi connectivity index (χ3v) is 8.26. The average Bonchev–Trinajstić information content (AvgIpc) is 3.50. The molecule has 1 saturated carbocycles. The highest BCUT2D eigenvalue weighted by Gasteiger charge is 2.32. The van der Waals surface area contributed by atoms with Crippen molar-refractivity contribution in [3.05, 3.63) is 39.8 Å². The van der Waals surface area contributed by atoms with Gasteiger partial charge in [-0.1, -0.05) is 43.5 Å². The number of aromatic amines is 1. The zero-order valence-electron chi connectivity index (χ0n) is 21.9. The standard InChI is InChI=1S/C27H32ClN7O3/c1-15-7-9-18(10-8-15)14-35-22-21(19-5-4-6-20(28)13-19)29-24(25-32-33-27(36)38-25)30-23(22)31-26(35)34-11-12-37-17(3)16(34)2/h4-6,13,15-18H,7-12,14H2,1-3H3,(H,33,36)/t15?,16-,17-,18?/m0/s1. The number of halogens is 1. The van der Waals surface area contributed by atoms with Gasteiger partial charge in [-0.05, 0) is 50.7 Å². The van der Waals surface area contributed by atoms with Gasteiger partial charge in [0.15, 0.2) is 5.65 Å². The molecule has 1 aliphatic carbocycles. The van der Waals surface area contributed by atoms with E-state index < -0.39 is 5.76 Å². The number of H-pyrrole nitrogens is 1. The summed E-state index contributed by atoms with van der Waals surface area (Å²) in [6, 6.07) is 7.72. The molecule has 0 unspecified atom stereocenters. The van der Waals surface area contributed by atoms with Gasteiger partial charge in [-0.25, -0.2) is 19.9 Å². The number of imidazole rings is 1. The van der Waals surface area contributed by atoms with Crippen LogP contribution < -0.4 is 10.7 Å². The summed E-state index contributed by atoms with van der Waals surface area (Å²) in [6.07, 6.45) is 4.90. The topological polar surface area (TPSA) is 115 Å². The van der Waals surface area contributed by atoms with Gasteiger partial charge in [0, 0.05) is 23.7 Å². The predicted molar refractivity (Wildman–Crippen MR) is 145 cm³/mol. The highest BCUT2D eigenvalue weighted by molar-refractivity contribution is 6.30. The molecule has 6 rings (SSSR count). The largest absolute Gasteiger partial charge is 0.434 e. The molecule has 200 valence electrons. The summed E-state index contributed by atoms with van der Waals surface area (Å²) in [7, 11) is 0. The normalized spacial score (nSPS) is 24.3. The minimum atomic E-state index is -0.665. The van der Waals surface area contributed by atoms with Gasteiger partial charge < -0.3 is 18.6 Å². The molecule has 4 aromatic rings. The quantitative estimate of drug-likeness (QED) is 0.381. The first kappa shape index (κ1) is 25.1. The maximum atomic E-state index is 11.7. The molecule has 0 spiro atoms. The number of hydrogen-bond donors (Lipinski definition) is 1. The third kappa shape index (κ3) is 4.71. The van der Waals surface area contributed by atoms with Crippen LogP contribution in [0, 0.1) is 11.8 Å². The highest BCUT2D eigenvalue weighted by atomic mass is 35.5. The Balaban J connectivity index is 1.58. The molecule has 0 bridgehead atoms. The van der Waals surface area contributed by atoms with E-state index in [0.29, 0.717) is 28.9 Å². The van der Waals surface area contributed by atoms with Gasteiger partial charge in [-0.15, -0.1) is 5.10 Å². The molecular formula is C27H32ClN7O3. The summed E-state index contributed by atoms with van der Waals surface area (Å²) in [6.45, 7) is 8.80. The van der Waals surface area contributed by atoms with E-state index in [4.69, 9.17) is 35.7 Å². The molecule has 1 saturated heterocycles. The van der Waals surface area contributed by atoms with Gasteiger partial charge in [0.2, 0.25) is 11.8 Å². The van der Waals surface area contributed by atoms with Gasteiger partial charge in [0.1, 0.15) is 11.2 Å². The number of fused-ring (bicyclic) bond motifs is 1. The lowest BCUT2D eigenvalue weighted by molar-refractivity contribution is 0.0274. The van der Waals surface area contributed by atoms with Crippen LogP contribution in [0.5, 0.6) is 0 Å². The Morgan fingerprint density at radius 2 is 1.92 bits per heavy atom. The van der Waals surface area contributed by atoms with Crippen molar-refractivity contribution in [2.24, 2.45) is 11.8 Å². The van der Waals surface area contributed by atoms with Crippen molar-refractivity contribution in [2.75, 3.05) is 18.1 Å². The van der Waals surface area contributed by atoms with E-state index >= 15 is 0 Å². The molecule has 1 aliphatic heterocycles. The van der Waals surface area contributed by atoms with Crippen LogP contribution in [0.2, 0.25) is 5.02 Å². The van der Waals surface area contributed by atoms with Gasteiger partial charge in [0.05, 0.1) is 18.8 Å². The Bertz CT molecular complexity index is 1500.